The van der Waals surface area contributed by atoms with Gasteiger partial charge in [0.25, 0.3) is 0 Å². The van der Waals surface area contributed by atoms with Crippen LogP contribution in [0, 0.1) is 0 Å². The molecule has 6 heteroatoms. The number of nitrogens with zero attached hydrogens (tertiary/aromatic N) is 2. The number of H-pyrrole nitrogens is 1. The van der Waals surface area contributed by atoms with Crippen molar-refractivity contribution >= 4 is 11.0 Å². The van der Waals surface area contributed by atoms with Gasteiger partial charge in [-0.25, -0.2) is 4.98 Å². The molecule has 1 aliphatic rings. The molecular weight excluding hydrogens is 374 g/mol. The number of nitrogens with one attached hydrogen (secondary N) is 2. The number of hydrogen-bond donors (Lipinski definition) is 3. The highest BCUT2D eigenvalue weighted by Crippen LogP contribution is 2.27. The minimum absolute atomic E-state index is 0.00148. The molecule has 160 valence electrons. The zero-order valence-corrected chi connectivity index (χ0v) is 17.8. The topological polar surface area (TPSA) is 79.2 Å². The van der Waals surface area contributed by atoms with E-state index in [1.807, 2.05) is 18.2 Å². The highest BCUT2D eigenvalue weighted by Gasteiger charge is 2.24. The van der Waals surface area contributed by atoms with E-state index >= 15 is 0 Å². The van der Waals surface area contributed by atoms with Gasteiger partial charge in [0.05, 0.1) is 23.7 Å². The molecule has 2 heterocycles. The van der Waals surface area contributed by atoms with E-state index in [1.54, 1.807) is 0 Å². The average Bonchev–Trinajstić information content (AvgIpc) is 3.20. The normalized spacial score (nSPS) is 16.7. The van der Waals surface area contributed by atoms with Gasteiger partial charge in [0.2, 0.25) is 0 Å². The van der Waals surface area contributed by atoms with Crippen molar-refractivity contribution in [2.75, 3.05) is 33.3 Å². The molecule has 1 aliphatic heterocycles. The van der Waals surface area contributed by atoms with Gasteiger partial charge < -0.3 is 25.7 Å². The second kappa shape index (κ2) is 10.1. The summed E-state index contributed by atoms with van der Waals surface area (Å²) >= 11 is 0. The number of ether oxygens (including phenoxy) is 1. The SMILES string of the molecule is CN1CCC(NC(c2cccc(OCCCCN)c2)c2nc3ccccc3[nH]2)CC1. The molecule has 2 aromatic carbocycles. The Kier molecular flexibility index (Phi) is 7.00. The van der Waals surface area contributed by atoms with Crippen molar-refractivity contribution in [3.05, 3.63) is 59.9 Å². The van der Waals surface area contributed by atoms with Crippen LogP contribution < -0.4 is 15.8 Å². The first-order chi connectivity index (χ1) is 14.7. The van der Waals surface area contributed by atoms with Gasteiger partial charge in [0.15, 0.2) is 0 Å². The maximum Gasteiger partial charge on any atom is 0.129 e. The number of benzene rings is 2. The Morgan fingerprint density at radius 1 is 1.17 bits per heavy atom. The molecule has 1 fully saturated rings. The number of aromatic amines is 1. The van der Waals surface area contributed by atoms with Crippen LogP contribution in [-0.2, 0) is 0 Å². The molecule has 6 nitrogen and oxygen atoms in total. The number of para-hydroxylation sites is 2. The molecule has 0 amide bonds. The molecule has 4 rings (SSSR count). The highest BCUT2D eigenvalue weighted by atomic mass is 16.5. The number of rotatable bonds is 9. The fourth-order valence-electron chi connectivity index (χ4n) is 4.07. The van der Waals surface area contributed by atoms with Crippen LogP contribution in [0.5, 0.6) is 5.75 Å². The van der Waals surface area contributed by atoms with Crippen LogP contribution in [0.1, 0.15) is 43.1 Å². The summed E-state index contributed by atoms with van der Waals surface area (Å²) in [7, 11) is 2.19. The molecule has 1 saturated heterocycles. The van der Waals surface area contributed by atoms with Crippen molar-refractivity contribution in [3.8, 4) is 5.75 Å². The van der Waals surface area contributed by atoms with E-state index < -0.39 is 0 Å². The van der Waals surface area contributed by atoms with Crippen LogP contribution in [-0.4, -0.2) is 54.2 Å². The van der Waals surface area contributed by atoms with Crippen LogP contribution in [0.4, 0.5) is 0 Å². The van der Waals surface area contributed by atoms with Crippen LogP contribution in [0.3, 0.4) is 0 Å². The number of piperidine rings is 1. The van der Waals surface area contributed by atoms with Gasteiger partial charge in [-0.05, 0) is 82.2 Å². The third kappa shape index (κ3) is 5.19. The molecule has 1 unspecified atom stereocenters. The van der Waals surface area contributed by atoms with Crippen LogP contribution in [0.2, 0.25) is 0 Å². The molecule has 0 radical (unpaired) electrons. The van der Waals surface area contributed by atoms with E-state index in [9.17, 15) is 0 Å². The summed E-state index contributed by atoms with van der Waals surface area (Å²) in [5.74, 6) is 1.85. The minimum Gasteiger partial charge on any atom is -0.494 e. The molecule has 3 aromatic rings. The zero-order valence-electron chi connectivity index (χ0n) is 17.8. The van der Waals surface area contributed by atoms with E-state index in [4.69, 9.17) is 15.5 Å². The lowest BCUT2D eigenvalue weighted by Crippen LogP contribution is -2.42. The number of hydrogen-bond acceptors (Lipinski definition) is 5. The molecule has 1 aromatic heterocycles. The van der Waals surface area contributed by atoms with Crippen LogP contribution >= 0.6 is 0 Å². The first-order valence-corrected chi connectivity index (χ1v) is 11.0. The third-order valence-corrected chi connectivity index (χ3v) is 5.86. The van der Waals surface area contributed by atoms with E-state index in [1.165, 1.54) is 5.56 Å². The summed E-state index contributed by atoms with van der Waals surface area (Å²) < 4.78 is 5.98. The lowest BCUT2D eigenvalue weighted by atomic mass is 10.0. The first kappa shape index (κ1) is 20.8. The van der Waals surface area contributed by atoms with Crippen molar-refractivity contribution in [2.24, 2.45) is 5.73 Å². The molecular formula is C24H33N5O. The molecule has 0 aliphatic carbocycles. The van der Waals surface area contributed by atoms with Crippen molar-refractivity contribution in [1.82, 2.24) is 20.2 Å². The van der Waals surface area contributed by atoms with E-state index in [2.05, 4.69) is 52.6 Å². The number of nitrogens with two attached hydrogens (primary N) is 1. The number of unbranched alkanes of at least 4 members (excludes halogenated alkanes) is 1. The summed E-state index contributed by atoms with van der Waals surface area (Å²) in [6.45, 7) is 3.64. The molecule has 0 spiro atoms. The number of aromatic nitrogens is 2. The average molecular weight is 408 g/mol. The summed E-state index contributed by atoms with van der Waals surface area (Å²) in [5.41, 5.74) is 8.82. The lowest BCUT2D eigenvalue weighted by Gasteiger charge is -2.32. The third-order valence-electron chi connectivity index (χ3n) is 5.86. The monoisotopic (exact) mass is 407 g/mol. The predicted octanol–water partition coefficient (Wildman–Crippen LogP) is 3.45. The second-order valence-electron chi connectivity index (χ2n) is 8.23. The summed E-state index contributed by atoms with van der Waals surface area (Å²) in [6.07, 6.45) is 4.24. The molecule has 30 heavy (non-hydrogen) atoms. The van der Waals surface area contributed by atoms with Gasteiger partial charge in [-0.2, -0.15) is 0 Å². The van der Waals surface area contributed by atoms with Gasteiger partial charge in [-0.15, -0.1) is 0 Å². The molecule has 0 saturated carbocycles. The second-order valence-corrected chi connectivity index (χ2v) is 8.23. The van der Waals surface area contributed by atoms with Crippen LogP contribution in [0.15, 0.2) is 48.5 Å². The maximum atomic E-state index is 5.98. The van der Waals surface area contributed by atoms with Crippen molar-refractivity contribution in [3.63, 3.8) is 0 Å². The standard InChI is InChI=1S/C24H33N5O/c1-29-14-11-19(12-15-29)26-23(24-27-21-9-2-3-10-22(21)28-24)18-7-6-8-20(17-18)30-16-5-4-13-25/h2-3,6-10,17,19,23,26H,4-5,11-16,25H2,1H3,(H,27,28). The Labute approximate surface area is 178 Å². The zero-order chi connectivity index (χ0) is 20.8. The first-order valence-electron chi connectivity index (χ1n) is 11.0. The van der Waals surface area contributed by atoms with Crippen LogP contribution in [0.25, 0.3) is 11.0 Å². The van der Waals surface area contributed by atoms with Crippen molar-refractivity contribution in [1.29, 1.82) is 0 Å². The maximum absolute atomic E-state index is 5.98. The Hall–Kier alpha value is -2.41. The summed E-state index contributed by atoms with van der Waals surface area (Å²) in [5, 5.41) is 3.88. The van der Waals surface area contributed by atoms with Gasteiger partial charge >= 0.3 is 0 Å². The quantitative estimate of drug-likeness (QED) is 0.474. The lowest BCUT2D eigenvalue weighted by molar-refractivity contribution is 0.228. The smallest absolute Gasteiger partial charge is 0.129 e. The highest BCUT2D eigenvalue weighted by molar-refractivity contribution is 5.75. The number of likely N-dealkylation sites (tertiary alicyclic amines) is 1. The predicted molar refractivity (Wildman–Crippen MR) is 122 cm³/mol. The number of fused-ring (bicyclic) bond motifs is 1. The fourth-order valence-corrected chi connectivity index (χ4v) is 4.07. The van der Waals surface area contributed by atoms with Crippen molar-refractivity contribution in [2.45, 2.75) is 37.8 Å². The van der Waals surface area contributed by atoms with E-state index in [0.717, 1.165) is 61.4 Å². The Morgan fingerprint density at radius 2 is 2.00 bits per heavy atom. The van der Waals surface area contributed by atoms with E-state index in [-0.39, 0.29) is 6.04 Å². The van der Waals surface area contributed by atoms with Gasteiger partial charge in [0.1, 0.15) is 11.6 Å². The Bertz CT molecular complexity index is 899. The fraction of sp³-hybridized carbons (Fsp3) is 0.458. The molecule has 0 bridgehead atoms. The Morgan fingerprint density at radius 3 is 2.80 bits per heavy atom. The number of imidazole rings is 1. The largest absolute Gasteiger partial charge is 0.494 e. The van der Waals surface area contributed by atoms with Crippen molar-refractivity contribution < 1.29 is 4.74 Å². The molecule has 4 N–H and O–H groups in total. The Balaban J connectivity index is 1.58. The summed E-state index contributed by atoms with van der Waals surface area (Å²) in [6, 6.07) is 17.1. The van der Waals surface area contributed by atoms with Gasteiger partial charge in [-0.3, -0.25) is 0 Å². The summed E-state index contributed by atoms with van der Waals surface area (Å²) in [4.78, 5) is 10.8. The molecule has 1 atom stereocenters. The van der Waals surface area contributed by atoms with E-state index in [0.29, 0.717) is 19.2 Å². The minimum atomic E-state index is -0.00148. The van der Waals surface area contributed by atoms with Gasteiger partial charge in [0, 0.05) is 6.04 Å². The van der Waals surface area contributed by atoms with Gasteiger partial charge in [-0.1, -0.05) is 24.3 Å².